The van der Waals surface area contributed by atoms with Crippen LogP contribution in [0.25, 0.3) is 16.5 Å². The van der Waals surface area contributed by atoms with E-state index in [0.29, 0.717) is 11.9 Å². The highest BCUT2D eigenvalue weighted by molar-refractivity contribution is 5.92. The molecule has 1 heterocycles. The van der Waals surface area contributed by atoms with Crippen molar-refractivity contribution < 1.29 is 4.39 Å². The maximum absolute atomic E-state index is 13.5. The third kappa shape index (κ3) is 1.22. The van der Waals surface area contributed by atoms with Gasteiger partial charge in [-0.3, -0.25) is 0 Å². The van der Waals surface area contributed by atoms with E-state index >= 15 is 0 Å². The molecule has 0 atom stereocenters. The Kier molecular flexibility index (Phi) is 2.09. The van der Waals surface area contributed by atoms with Crippen molar-refractivity contribution in [3.8, 4) is 0 Å². The molecule has 0 bridgehead atoms. The summed E-state index contributed by atoms with van der Waals surface area (Å²) in [5.74, 6) is -0.242. The standard InChI is InChI=1S/C11H11FN2/c1-7(5-13)8-6-14-10-4-2-3-9(12)11(8)10/h2-4,6,14H,1,5,13H2. The molecular weight excluding hydrogens is 179 g/mol. The number of benzene rings is 1. The summed E-state index contributed by atoms with van der Waals surface area (Å²) in [6, 6.07) is 4.93. The van der Waals surface area contributed by atoms with Crippen molar-refractivity contribution >= 4 is 16.5 Å². The minimum Gasteiger partial charge on any atom is -0.360 e. The van der Waals surface area contributed by atoms with Crippen LogP contribution in [0.3, 0.4) is 0 Å². The first-order valence-corrected chi connectivity index (χ1v) is 4.38. The highest BCUT2D eigenvalue weighted by atomic mass is 19.1. The van der Waals surface area contributed by atoms with Crippen molar-refractivity contribution in [1.82, 2.24) is 4.98 Å². The Balaban J connectivity index is 2.73. The number of hydrogen-bond donors (Lipinski definition) is 2. The van der Waals surface area contributed by atoms with Gasteiger partial charge in [-0.05, 0) is 17.7 Å². The zero-order chi connectivity index (χ0) is 10.1. The number of H-pyrrole nitrogens is 1. The summed E-state index contributed by atoms with van der Waals surface area (Å²) in [6.07, 6.45) is 1.74. The van der Waals surface area contributed by atoms with E-state index in [1.807, 2.05) is 6.07 Å². The molecule has 0 aliphatic heterocycles. The minimum absolute atomic E-state index is 0.242. The van der Waals surface area contributed by atoms with Crippen molar-refractivity contribution in [2.45, 2.75) is 0 Å². The molecule has 0 radical (unpaired) electrons. The number of nitrogens with one attached hydrogen (secondary N) is 1. The second-order valence-corrected chi connectivity index (χ2v) is 3.17. The quantitative estimate of drug-likeness (QED) is 0.749. The molecule has 0 saturated heterocycles. The third-order valence-electron chi connectivity index (χ3n) is 2.28. The largest absolute Gasteiger partial charge is 0.360 e. The maximum atomic E-state index is 13.5. The molecule has 3 heteroatoms. The van der Waals surface area contributed by atoms with Crippen molar-refractivity contribution in [2.24, 2.45) is 5.73 Å². The lowest BCUT2D eigenvalue weighted by molar-refractivity contribution is 0.640. The lowest BCUT2D eigenvalue weighted by Gasteiger charge is -2.00. The monoisotopic (exact) mass is 190 g/mol. The van der Waals surface area contributed by atoms with Gasteiger partial charge in [0.15, 0.2) is 0 Å². The van der Waals surface area contributed by atoms with Gasteiger partial charge in [0.25, 0.3) is 0 Å². The van der Waals surface area contributed by atoms with E-state index in [1.54, 1.807) is 12.3 Å². The van der Waals surface area contributed by atoms with Gasteiger partial charge in [-0.15, -0.1) is 0 Å². The normalized spacial score (nSPS) is 10.7. The SMILES string of the molecule is C=C(CN)c1c[nH]c2cccc(F)c12. The minimum atomic E-state index is -0.242. The highest BCUT2D eigenvalue weighted by Crippen LogP contribution is 2.25. The Morgan fingerprint density at radius 3 is 3.00 bits per heavy atom. The molecule has 0 fully saturated rings. The topological polar surface area (TPSA) is 41.8 Å². The van der Waals surface area contributed by atoms with Crippen LogP contribution in [0.4, 0.5) is 4.39 Å². The smallest absolute Gasteiger partial charge is 0.133 e. The van der Waals surface area contributed by atoms with Gasteiger partial charge in [-0.25, -0.2) is 4.39 Å². The molecule has 2 aromatic rings. The fourth-order valence-electron chi connectivity index (χ4n) is 1.53. The molecule has 0 unspecified atom stereocenters. The number of aromatic nitrogens is 1. The number of aromatic amines is 1. The number of fused-ring (bicyclic) bond motifs is 1. The molecule has 0 saturated carbocycles. The van der Waals surface area contributed by atoms with Gasteiger partial charge in [0.05, 0.1) is 0 Å². The average molecular weight is 190 g/mol. The van der Waals surface area contributed by atoms with Gasteiger partial charge < -0.3 is 10.7 Å². The number of halogens is 1. The average Bonchev–Trinajstić information content (AvgIpc) is 2.62. The number of hydrogen-bond acceptors (Lipinski definition) is 1. The molecule has 0 spiro atoms. The molecule has 72 valence electrons. The van der Waals surface area contributed by atoms with Crippen LogP contribution in [0.15, 0.2) is 31.0 Å². The Labute approximate surface area is 81.2 Å². The van der Waals surface area contributed by atoms with Crippen molar-refractivity contribution in [1.29, 1.82) is 0 Å². The fourth-order valence-corrected chi connectivity index (χ4v) is 1.53. The highest BCUT2D eigenvalue weighted by Gasteiger charge is 2.09. The second kappa shape index (κ2) is 3.27. The summed E-state index contributed by atoms with van der Waals surface area (Å²) in [4.78, 5) is 2.99. The second-order valence-electron chi connectivity index (χ2n) is 3.17. The van der Waals surface area contributed by atoms with E-state index < -0.39 is 0 Å². The van der Waals surface area contributed by atoms with Gasteiger partial charge in [0.2, 0.25) is 0 Å². The summed E-state index contributed by atoms with van der Waals surface area (Å²) < 4.78 is 13.5. The first-order valence-electron chi connectivity index (χ1n) is 4.38. The van der Waals surface area contributed by atoms with Crippen LogP contribution >= 0.6 is 0 Å². The van der Waals surface area contributed by atoms with E-state index in [2.05, 4.69) is 11.6 Å². The Morgan fingerprint density at radius 1 is 1.50 bits per heavy atom. The van der Waals surface area contributed by atoms with Crippen LogP contribution in [0.5, 0.6) is 0 Å². The van der Waals surface area contributed by atoms with Crippen LogP contribution in [-0.2, 0) is 0 Å². The maximum Gasteiger partial charge on any atom is 0.133 e. The molecule has 14 heavy (non-hydrogen) atoms. The summed E-state index contributed by atoms with van der Waals surface area (Å²) >= 11 is 0. The summed E-state index contributed by atoms with van der Waals surface area (Å²) in [5, 5.41) is 0.572. The lowest BCUT2D eigenvalue weighted by atomic mass is 10.1. The van der Waals surface area contributed by atoms with Crippen molar-refractivity contribution in [3.63, 3.8) is 0 Å². The Hall–Kier alpha value is -1.61. The van der Waals surface area contributed by atoms with Gasteiger partial charge in [-0.1, -0.05) is 12.6 Å². The molecule has 1 aromatic heterocycles. The summed E-state index contributed by atoms with van der Waals surface area (Å²) in [7, 11) is 0. The van der Waals surface area contributed by atoms with Crippen LogP contribution in [0, 0.1) is 5.82 Å². The molecule has 0 aliphatic carbocycles. The lowest BCUT2D eigenvalue weighted by Crippen LogP contribution is -2.00. The van der Waals surface area contributed by atoms with Crippen LogP contribution < -0.4 is 5.73 Å². The van der Waals surface area contributed by atoms with Crippen molar-refractivity contribution in [3.05, 3.63) is 42.4 Å². The van der Waals surface area contributed by atoms with Crippen molar-refractivity contribution in [2.75, 3.05) is 6.54 Å². The molecule has 0 aliphatic rings. The fraction of sp³-hybridized carbons (Fsp3) is 0.0909. The van der Waals surface area contributed by atoms with Gasteiger partial charge in [-0.2, -0.15) is 0 Å². The zero-order valence-corrected chi connectivity index (χ0v) is 7.68. The predicted molar refractivity (Wildman–Crippen MR) is 56.3 cm³/mol. The molecule has 3 N–H and O–H groups in total. The van der Waals surface area contributed by atoms with Gasteiger partial charge in [0.1, 0.15) is 5.82 Å². The molecule has 1 aromatic carbocycles. The summed E-state index contributed by atoms with van der Waals surface area (Å²) in [6.45, 7) is 4.13. The third-order valence-corrected chi connectivity index (χ3v) is 2.28. The number of nitrogens with two attached hydrogens (primary N) is 1. The van der Waals surface area contributed by atoms with Crippen LogP contribution in [-0.4, -0.2) is 11.5 Å². The Morgan fingerprint density at radius 2 is 2.29 bits per heavy atom. The van der Waals surface area contributed by atoms with Crippen LogP contribution in [0.2, 0.25) is 0 Å². The number of rotatable bonds is 2. The van der Waals surface area contributed by atoms with E-state index in [9.17, 15) is 4.39 Å². The molecule has 2 rings (SSSR count). The van der Waals surface area contributed by atoms with E-state index in [0.717, 1.165) is 16.7 Å². The van der Waals surface area contributed by atoms with E-state index in [-0.39, 0.29) is 5.82 Å². The predicted octanol–water partition coefficient (Wildman–Crippen LogP) is 2.28. The first-order chi connectivity index (χ1) is 6.74. The molecular formula is C11H11FN2. The van der Waals surface area contributed by atoms with Crippen LogP contribution in [0.1, 0.15) is 5.56 Å². The molecule has 2 nitrogen and oxygen atoms in total. The Bertz CT molecular complexity index is 485. The molecule has 0 amide bonds. The summed E-state index contributed by atoms with van der Waals surface area (Å²) in [5.41, 5.74) is 7.74. The van der Waals surface area contributed by atoms with Gasteiger partial charge in [0, 0.05) is 29.2 Å². The zero-order valence-electron chi connectivity index (χ0n) is 7.68. The first kappa shape index (κ1) is 8.97. The van der Waals surface area contributed by atoms with E-state index in [4.69, 9.17) is 5.73 Å². The van der Waals surface area contributed by atoms with Gasteiger partial charge >= 0.3 is 0 Å². The van der Waals surface area contributed by atoms with E-state index in [1.165, 1.54) is 6.07 Å².